The van der Waals surface area contributed by atoms with Crippen molar-refractivity contribution in [2.45, 2.75) is 30.1 Å². The van der Waals surface area contributed by atoms with E-state index >= 15 is 0 Å². The van der Waals surface area contributed by atoms with Crippen molar-refractivity contribution in [3.8, 4) is 5.75 Å². The molecule has 0 aromatic heterocycles. The highest BCUT2D eigenvalue weighted by atomic mass is 32.2. The molecular weight excluding hydrogens is 408 g/mol. The summed E-state index contributed by atoms with van der Waals surface area (Å²) >= 11 is 0. The van der Waals surface area contributed by atoms with E-state index in [9.17, 15) is 17.2 Å². The first-order chi connectivity index (χ1) is 14.3. The first kappa shape index (κ1) is 21.8. The summed E-state index contributed by atoms with van der Waals surface area (Å²) in [6.45, 7) is 1.18. The van der Waals surface area contributed by atoms with Crippen LogP contribution in [0, 0.1) is 0 Å². The van der Waals surface area contributed by atoms with Crippen LogP contribution in [0.2, 0.25) is 0 Å². The molecule has 0 radical (unpaired) electrons. The van der Waals surface area contributed by atoms with Crippen LogP contribution in [0.1, 0.15) is 24.8 Å². The van der Waals surface area contributed by atoms with Gasteiger partial charge < -0.3 is 4.74 Å². The van der Waals surface area contributed by atoms with E-state index in [0.717, 1.165) is 0 Å². The number of sulfonamides is 1. The number of para-hydroxylation sites is 1. The summed E-state index contributed by atoms with van der Waals surface area (Å²) in [6, 6.07) is 22.7. The zero-order chi connectivity index (χ0) is 21.6. The predicted molar refractivity (Wildman–Crippen MR) is 114 cm³/mol. The highest BCUT2D eigenvalue weighted by Gasteiger charge is 2.39. The summed E-state index contributed by atoms with van der Waals surface area (Å²) in [5.74, 6) is -3.76. The second kappa shape index (κ2) is 9.26. The van der Waals surface area contributed by atoms with Crippen molar-refractivity contribution in [3.63, 3.8) is 0 Å². The summed E-state index contributed by atoms with van der Waals surface area (Å²) in [5.41, 5.74) is 0.513. The Morgan fingerprint density at radius 1 is 0.933 bits per heavy atom. The van der Waals surface area contributed by atoms with Crippen molar-refractivity contribution in [2.75, 3.05) is 11.3 Å². The number of rotatable bonds is 9. The van der Waals surface area contributed by atoms with E-state index in [1.807, 2.05) is 6.07 Å². The first-order valence-electron chi connectivity index (χ1n) is 9.55. The third kappa shape index (κ3) is 5.36. The molecule has 7 heteroatoms. The summed E-state index contributed by atoms with van der Waals surface area (Å²) in [5, 5.41) is 0. The third-order valence-corrected chi connectivity index (χ3v) is 6.13. The van der Waals surface area contributed by atoms with E-state index in [0.29, 0.717) is 11.3 Å². The third-order valence-electron chi connectivity index (χ3n) is 4.74. The SMILES string of the molecule is CCC(F)(F)C(COc1ccccc1)c1cccc(NS(=O)(=O)c2ccccc2)c1. The fourth-order valence-electron chi connectivity index (χ4n) is 3.04. The van der Waals surface area contributed by atoms with Crippen molar-refractivity contribution in [3.05, 3.63) is 90.5 Å². The van der Waals surface area contributed by atoms with Crippen LogP contribution in [0.3, 0.4) is 0 Å². The average molecular weight is 432 g/mol. The molecule has 0 saturated carbocycles. The second-order valence-electron chi connectivity index (χ2n) is 6.84. The smallest absolute Gasteiger partial charge is 0.261 e. The molecule has 1 unspecified atom stereocenters. The van der Waals surface area contributed by atoms with Crippen LogP contribution in [0.15, 0.2) is 89.8 Å². The topological polar surface area (TPSA) is 55.4 Å². The Balaban J connectivity index is 1.86. The van der Waals surface area contributed by atoms with Crippen LogP contribution in [0.5, 0.6) is 5.75 Å². The molecule has 3 rings (SSSR count). The Hall–Kier alpha value is -2.93. The minimum atomic E-state index is -3.82. The lowest BCUT2D eigenvalue weighted by Gasteiger charge is -2.27. The molecular formula is C23H23F2NO3S. The van der Waals surface area contributed by atoms with Gasteiger partial charge in [0.05, 0.1) is 10.8 Å². The number of anilines is 1. The maximum Gasteiger partial charge on any atom is 0.261 e. The Bertz CT molecular complexity index is 1060. The molecule has 0 aliphatic rings. The molecule has 3 aromatic rings. The summed E-state index contributed by atoms with van der Waals surface area (Å²) < 4.78 is 62.6. The predicted octanol–water partition coefficient (Wildman–Crippen LogP) is 5.70. The van der Waals surface area contributed by atoms with E-state index in [-0.39, 0.29) is 23.6 Å². The quantitative estimate of drug-likeness (QED) is 0.473. The van der Waals surface area contributed by atoms with Gasteiger partial charge >= 0.3 is 0 Å². The normalized spacial score (nSPS) is 12.9. The van der Waals surface area contributed by atoms with E-state index < -0.39 is 21.9 Å². The van der Waals surface area contributed by atoms with Gasteiger partial charge in [-0.15, -0.1) is 0 Å². The molecule has 0 bridgehead atoms. The molecule has 0 spiro atoms. The number of nitrogens with one attached hydrogen (secondary N) is 1. The molecule has 4 nitrogen and oxygen atoms in total. The van der Waals surface area contributed by atoms with Crippen LogP contribution >= 0.6 is 0 Å². The number of benzene rings is 3. The van der Waals surface area contributed by atoms with Gasteiger partial charge in [-0.25, -0.2) is 17.2 Å². The largest absolute Gasteiger partial charge is 0.493 e. The molecule has 0 aliphatic carbocycles. The van der Waals surface area contributed by atoms with Gasteiger partial charge in [0.2, 0.25) is 0 Å². The van der Waals surface area contributed by atoms with Gasteiger partial charge in [-0.3, -0.25) is 4.72 Å². The van der Waals surface area contributed by atoms with Gasteiger partial charge in [-0.1, -0.05) is 55.5 Å². The number of hydrogen-bond acceptors (Lipinski definition) is 3. The van der Waals surface area contributed by atoms with Crippen molar-refractivity contribution < 1.29 is 21.9 Å². The summed E-state index contributed by atoms with van der Waals surface area (Å²) in [6.07, 6.45) is -0.365. The minimum Gasteiger partial charge on any atom is -0.493 e. The Morgan fingerprint density at radius 2 is 1.57 bits per heavy atom. The van der Waals surface area contributed by atoms with Gasteiger partial charge in [0.1, 0.15) is 12.4 Å². The Morgan fingerprint density at radius 3 is 2.20 bits per heavy atom. The molecule has 3 aromatic carbocycles. The monoisotopic (exact) mass is 431 g/mol. The van der Waals surface area contributed by atoms with Crippen LogP contribution in [0.25, 0.3) is 0 Å². The highest BCUT2D eigenvalue weighted by Crippen LogP contribution is 2.37. The Labute approximate surface area is 175 Å². The number of ether oxygens (including phenoxy) is 1. The van der Waals surface area contributed by atoms with Crippen molar-refractivity contribution >= 4 is 15.7 Å². The van der Waals surface area contributed by atoms with E-state index in [2.05, 4.69) is 4.72 Å². The molecule has 0 fully saturated rings. The summed E-state index contributed by atoms with van der Waals surface area (Å²) in [7, 11) is -3.82. The Kier molecular flexibility index (Phi) is 6.72. The molecule has 0 heterocycles. The molecule has 1 N–H and O–H groups in total. The van der Waals surface area contributed by atoms with Gasteiger partial charge in [-0.2, -0.15) is 0 Å². The lowest BCUT2D eigenvalue weighted by molar-refractivity contribution is -0.0434. The molecule has 1 atom stereocenters. The summed E-state index contributed by atoms with van der Waals surface area (Å²) in [4.78, 5) is 0.0956. The maximum absolute atomic E-state index is 14.7. The average Bonchev–Trinajstić information content (AvgIpc) is 2.75. The van der Waals surface area contributed by atoms with Crippen LogP contribution in [-0.2, 0) is 10.0 Å². The number of alkyl halides is 2. The first-order valence-corrected chi connectivity index (χ1v) is 11.0. The van der Waals surface area contributed by atoms with Crippen LogP contribution in [-0.4, -0.2) is 20.9 Å². The van der Waals surface area contributed by atoms with E-state index in [1.54, 1.807) is 54.6 Å². The molecule has 158 valence electrons. The van der Waals surface area contributed by atoms with E-state index in [4.69, 9.17) is 4.74 Å². The zero-order valence-corrected chi connectivity index (χ0v) is 17.3. The molecule has 30 heavy (non-hydrogen) atoms. The minimum absolute atomic E-state index is 0.0956. The standard InChI is InChI=1S/C23H23F2NO3S/c1-2-23(24,25)22(17-29-20-12-5-3-6-13-20)18-10-9-11-19(16-18)26-30(27,28)21-14-7-4-8-15-21/h3-16,22,26H,2,17H2,1H3. The van der Waals surface area contributed by atoms with Gasteiger partial charge in [0, 0.05) is 12.1 Å². The molecule has 0 saturated heterocycles. The van der Waals surface area contributed by atoms with Crippen LogP contribution in [0.4, 0.5) is 14.5 Å². The van der Waals surface area contributed by atoms with Gasteiger partial charge in [0.15, 0.2) is 0 Å². The highest BCUT2D eigenvalue weighted by molar-refractivity contribution is 7.92. The zero-order valence-electron chi connectivity index (χ0n) is 16.5. The lowest BCUT2D eigenvalue weighted by atomic mass is 9.91. The fraction of sp³-hybridized carbons (Fsp3) is 0.217. The lowest BCUT2D eigenvalue weighted by Crippen LogP contribution is -2.30. The van der Waals surface area contributed by atoms with Gasteiger partial charge in [0.25, 0.3) is 15.9 Å². The van der Waals surface area contributed by atoms with Crippen molar-refractivity contribution in [2.24, 2.45) is 0 Å². The molecule has 0 aliphatic heterocycles. The van der Waals surface area contributed by atoms with E-state index in [1.165, 1.54) is 31.2 Å². The molecule has 0 amide bonds. The van der Waals surface area contributed by atoms with Crippen LogP contribution < -0.4 is 9.46 Å². The van der Waals surface area contributed by atoms with Crippen molar-refractivity contribution in [1.82, 2.24) is 0 Å². The number of hydrogen-bond donors (Lipinski definition) is 1. The second-order valence-corrected chi connectivity index (χ2v) is 8.52. The van der Waals surface area contributed by atoms with Gasteiger partial charge in [-0.05, 0) is 42.0 Å². The maximum atomic E-state index is 14.7. The fourth-order valence-corrected chi connectivity index (χ4v) is 4.11. The van der Waals surface area contributed by atoms with Crippen molar-refractivity contribution in [1.29, 1.82) is 0 Å². The number of halogens is 2.